The molecule has 1 aliphatic heterocycles. The molecule has 0 aromatic carbocycles. The van der Waals surface area contributed by atoms with Gasteiger partial charge in [-0.1, -0.05) is 0 Å². The van der Waals surface area contributed by atoms with Gasteiger partial charge in [-0.2, -0.15) is 5.10 Å². The van der Waals surface area contributed by atoms with Gasteiger partial charge in [0.2, 0.25) is 0 Å². The van der Waals surface area contributed by atoms with E-state index in [1.54, 1.807) is 28.9 Å². The van der Waals surface area contributed by atoms with Crippen LogP contribution in [0.2, 0.25) is 0 Å². The number of likely N-dealkylation sites (tertiary alicyclic amines) is 1. The van der Waals surface area contributed by atoms with Gasteiger partial charge in [-0.3, -0.25) is 14.3 Å². The molecule has 2 aromatic rings. The number of aryl methyl sites for hydroxylation is 1. The minimum atomic E-state index is -0.487. The van der Waals surface area contributed by atoms with Crippen molar-refractivity contribution in [1.82, 2.24) is 19.7 Å². The van der Waals surface area contributed by atoms with Gasteiger partial charge in [0.05, 0.1) is 12.2 Å². The molecular weight excluding hydrogens is 290 g/mol. The SMILES string of the molecule is Cn1ccc(C(=O)N2CCCC2c2ncc(C(N)=O)s2)n1. The molecule has 0 bridgehead atoms. The van der Waals surface area contributed by atoms with Crippen LogP contribution in [-0.4, -0.2) is 38.0 Å². The van der Waals surface area contributed by atoms with Crippen LogP contribution in [0.15, 0.2) is 18.5 Å². The summed E-state index contributed by atoms with van der Waals surface area (Å²) in [6.45, 7) is 0.672. The third kappa shape index (κ3) is 2.54. The van der Waals surface area contributed by atoms with Crippen LogP contribution in [0.4, 0.5) is 0 Å². The predicted molar refractivity (Wildman–Crippen MR) is 76.9 cm³/mol. The molecule has 3 rings (SSSR count). The lowest BCUT2D eigenvalue weighted by Gasteiger charge is -2.22. The van der Waals surface area contributed by atoms with Gasteiger partial charge in [-0.15, -0.1) is 11.3 Å². The van der Waals surface area contributed by atoms with E-state index in [-0.39, 0.29) is 11.9 Å². The second-order valence-electron chi connectivity index (χ2n) is 4.96. The van der Waals surface area contributed by atoms with Crippen LogP contribution in [0.3, 0.4) is 0 Å². The van der Waals surface area contributed by atoms with Gasteiger partial charge in [0.1, 0.15) is 15.6 Å². The predicted octanol–water partition coefficient (Wildman–Crippen LogP) is 0.953. The fourth-order valence-electron chi connectivity index (χ4n) is 2.50. The van der Waals surface area contributed by atoms with Gasteiger partial charge >= 0.3 is 0 Å². The molecular formula is C13H15N5O2S. The molecule has 0 aliphatic carbocycles. The molecule has 1 aliphatic rings. The van der Waals surface area contributed by atoms with E-state index in [4.69, 9.17) is 5.73 Å². The van der Waals surface area contributed by atoms with Gasteiger partial charge in [-0.25, -0.2) is 4.98 Å². The number of carbonyl (C=O) groups is 2. The van der Waals surface area contributed by atoms with E-state index in [9.17, 15) is 9.59 Å². The molecule has 1 fully saturated rings. The van der Waals surface area contributed by atoms with Gasteiger partial charge in [-0.05, 0) is 18.9 Å². The van der Waals surface area contributed by atoms with Crippen molar-refractivity contribution in [2.75, 3.05) is 6.54 Å². The van der Waals surface area contributed by atoms with Gasteiger partial charge in [0.25, 0.3) is 11.8 Å². The first-order valence-electron chi connectivity index (χ1n) is 6.62. The Morgan fingerprint density at radius 1 is 1.48 bits per heavy atom. The number of carbonyl (C=O) groups excluding carboxylic acids is 2. The molecule has 0 spiro atoms. The smallest absolute Gasteiger partial charge is 0.274 e. The number of aromatic nitrogens is 3. The van der Waals surface area contributed by atoms with Crippen LogP contribution in [0, 0.1) is 0 Å². The molecule has 1 unspecified atom stereocenters. The highest BCUT2D eigenvalue weighted by atomic mass is 32.1. The molecule has 8 heteroatoms. The zero-order valence-electron chi connectivity index (χ0n) is 11.5. The van der Waals surface area contributed by atoms with E-state index in [1.165, 1.54) is 17.5 Å². The molecule has 3 heterocycles. The van der Waals surface area contributed by atoms with Gasteiger partial charge in [0, 0.05) is 19.8 Å². The Kier molecular flexibility index (Phi) is 3.46. The van der Waals surface area contributed by atoms with E-state index in [0.29, 0.717) is 17.1 Å². The first-order valence-corrected chi connectivity index (χ1v) is 7.44. The van der Waals surface area contributed by atoms with Crippen molar-refractivity contribution in [3.63, 3.8) is 0 Å². The third-order valence-electron chi connectivity index (χ3n) is 3.50. The maximum atomic E-state index is 12.5. The summed E-state index contributed by atoms with van der Waals surface area (Å²) in [5.74, 6) is -0.590. The Labute approximate surface area is 125 Å². The highest BCUT2D eigenvalue weighted by Crippen LogP contribution is 2.35. The van der Waals surface area contributed by atoms with Crippen molar-refractivity contribution in [2.45, 2.75) is 18.9 Å². The van der Waals surface area contributed by atoms with Crippen molar-refractivity contribution in [1.29, 1.82) is 0 Å². The summed E-state index contributed by atoms with van der Waals surface area (Å²) < 4.78 is 1.60. The second kappa shape index (κ2) is 5.28. The number of primary amides is 1. The fourth-order valence-corrected chi connectivity index (χ4v) is 3.42. The number of rotatable bonds is 3. The van der Waals surface area contributed by atoms with Crippen molar-refractivity contribution >= 4 is 23.2 Å². The number of nitrogens with zero attached hydrogens (tertiary/aromatic N) is 4. The lowest BCUT2D eigenvalue weighted by Crippen LogP contribution is -2.30. The van der Waals surface area contributed by atoms with Crippen LogP contribution in [0.25, 0.3) is 0 Å². The first kappa shape index (κ1) is 13.7. The maximum absolute atomic E-state index is 12.5. The summed E-state index contributed by atoms with van der Waals surface area (Å²) in [5, 5.41) is 4.91. The zero-order valence-corrected chi connectivity index (χ0v) is 12.3. The van der Waals surface area contributed by atoms with E-state index >= 15 is 0 Å². The highest BCUT2D eigenvalue weighted by molar-refractivity contribution is 7.13. The Bertz CT molecular complexity index is 692. The van der Waals surface area contributed by atoms with E-state index in [0.717, 1.165) is 17.8 Å². The molecule has 0 radical (unpaired) electrons. The Hall–Kier alpha value is -2.22. The van der Waals surface area contributed by atoms with Crippen LogP contribution >= 0.6 is 11.3 Å². The molecule has 21 heavy (non-hydrogen) atoms. The van der Waals surface area contributed by atoms with Gasteiger partial charge in [0.15, 0.2) is 0 Å². The quantitative estimate of drug-likeness (QED) is 0.913. The zero-order chi connectivity index (χ0) is 15.0. The fraction of sp³-hybridized carbons (Fsp3) is 0.385. The normalized spacial score (nSPS) is 18.1. The number of hydrogen-bond acceptors (Lipinski definition) is 5. The minimum absolute atomic E-state index is 0.0994. The number of hydrogen-bond donors (Lipinski definition) is 1. The van der Waals surface area contributed by atoms with E-state index in [2.05, 4.69) is 10.1 Å². The highest BCUT2D eigenvalue weighted by Gasteiger charge is 2.33. The Balaban J connectivity index is 1.84. The molecule has 1 saturated heterocycles. The summed E-state index contributed by atoms with van der Waals surface area (Å²) in [6.07, 6.45) is 4.97. The molecule has 1 atom stereocenters. The topological polar surface area (TPSA) is 94.1 Å². The summed E-state index contributed by atoms with van der Waals surface area (Å²) in [5.41, 5.74) is 5.68. The molecule has 110 valence electrons. The lowest BCUT2D eigenvalue weighted by atomic mass is 10.2. The largest absolute Gasteiger partial charge is 0.365 e. The summed E-state index contributed by atoms with van der Waals surface area (Å²) >= 11 is 1.25. The number of nitrogens with two attached hydrogens (primary N) is 1. The van der Waals surface area contributed by atoms with Crippen molar-refractivity contribution in [3.05, 3.63) is 34.0 Å². The molecule has 0 saturated carbocycles. The Morgan fingerprint density at radius 3 is 2.90 bits per heavy atom. The maximum Gasteiger partial charge on any atom is 0.274 e. The standard InChI is InChI=1S/C13H15N5O2S/c1-17-6-4-8(16-17)13(20)18-5-2-3-9(18)12-15-7-10(21-12)11(14)19/h4,6-7,9H,2-3,5H2,1H3,(H2,14,19). The molecule has 2 amide bonds. The van der Waals surface area contributed by atoms with Crippen LogP contribution in [0.1, 0.15) is 44.1 Å². The van der Waals surface area contributed by atoms with E-state index < -0.39 is 5.91 Å². The summed E-state index contributed by atoms with van der Waals surface area (Å²) in [7, 11) is 1.78. The van der Waals surface area contributed by atoms with Crippen molar-refractivity contribution < 1.29 is 9.59 Å². The van der Waals surface area contributed by atoms with Crippen LogP contribution in [0.5, 0.6) is 0 Å². The summed E-state index contributed by atoms with van der Waals surface area (Å²) in [4.78, 5) is 30.1. The van der Waals surface area contributed by atoms with Crippen molar-refractivity contribution in [2.24, 2.45) is 12.8 Å². The van der Waals surface area contributed by atoms with Crippen LogP contribution < -0.4 is 5.73 Å². The number of thiazole rings is 1. The Morgan fingerprint density at radius 2 is 2.29 bits per heavy atom. The average Bonchev–Trinajstić information content (AvgIpc) is 3.17. The minimum Gasteiger partial charge on any atom is -0.365 e. The van der Waals surface area contributed by atoms with Crippen LogP contribution in [-0.2, 0) is 7.05 Å². The van der Waals surface area contributed by atoms with Gasteiger partial charge < -0.3 is 10.6 Å². The average molecular weight is 305 g/mol. The monoisotopic (exact) mass is 305 g/mol. The molecule has 7 nitrogen and oxygen atoms in total. The second-order valence-corrected chi connectivity index (χ2v) is 6.02. The van der Waals surface area contributed by atoms with E-state index in [1.807, 2.05) is 0 Å². The van der Waals surface area contributed by atoms with Crippen molar-refractivity contribution in [3.8, 4) is 0 Å². The number of amides is 2. The summed E-state index contributed by atoms with van der Waals surface area (Å²) in [6, 6.07) is 1.60. The third-order valence-corrected chi connectivity index (χ3v) is 4.61. The molecule has 2 aromatic heterocycles. The first-order chi connectivity index (χ1) is 10.1. The lowest BCUT2D eigenvalue weighted by molar-refractivity contribution is 0.0728. The molecule has 2 N–H and O–H groups in total.